The Morgan fingerprint density at radius 3 is 2.85 bits per heavy atom. The van der Waals surface area contributed by atoms with Crippen molar-refractivity contribution < 1.29 is 9.66 Å². The van der Waals surface area contributed by atoms with E-state index in [0.29, 0.717) is 12.1 Å². The molecule has 0 saturated heterocycles. The summed E-state index contributed by atoms with van der Waals surface area (Å²) < 4.78 is 6.52. The minimum absolute atomic E-state index is 0.0737. The monoisotopic (exact) mass is 278 g/mol. The SMILES string of the molecule is CCc1nn(C)cc1Nc1ncnc(OC)c1[N+](=O)[O-]. The maximum absolute atomic E-state index is 11.1. The van der Waals surface area contributed by atoms with Crippen molar-refractivity contribution in [3.8, 4) is 5.88 Å². The first kappa shape index (κ1) is 13.7. The van der Waals surface area contributed by atoms with Crippen LogP contribution in [0.15, 0.2) is 12.5 Å². The van der Waals surface area contributed by atoms with Crippen molar-refractivity contribution in [2.45, 2.75) is 13.3 Å². The molecule has 0 fully saturated rings. The molecule has 2 heterocycles. The number of hydrogen-bond donors (Lipinski definition) is 1. The van der Waals surface area contributed by atoms with E-state index in [4.69, 9.17) is 4.74 Å². The maximum atomic E-state index is 11.1. The molecule has 20 heavy (non-hydrogen) atoms. The molecule has 9 heteroatoms. The van der Waals surface area contributed by atoms with Crippen LogP contribution in [0.5, 0.6) is 5.88 Å². The van der Waals surface area contributed by atoms with E-state index in [1.807, 2.05) is 6.92 Å². The Morgan fingerprint density at radius 1 is 1.50 bits per heavy atom. The highest BCUT2D eigenvalue weighted by Crippen LogP contribution is 2.33. The van der Waals surface area contributed by atoms with E-state index < -0.39 is 4.92 Å². The Bertz CT molecular complexity index is 639. The minimum Gasteiger partial charge on any atom is -0.476 e. The lowest BCUT2D eigenvalue weighted by molar-refractivity contribution is -0.385. The number of methoxy groups -OCH3 is 1. The van der Waals surface area contributed by atoms with Gasteiger partial charge in [0.1, 0.15) is 6.33 Å². The lowest BCUT2D eigenvalue weighted by Gasteiger charge is -2.07. The lowest BCUT2D eigenvalue weighted by Crippen LogP contribution is -2.04. The fourth-order valence-corrected chi connectivity index (χ4v) is 1.80. The maximum Gasteiger partial charge on any atom is 0.373 e. The van der Waals surface area contributed by atoms with E-state index in [2.05, 4.69) is 20.4 Å². The highest BCUT2D eigenvalue weighted by molar-refractivity contribution is 5.69. The third-order valence-corrected chi connectivity index (χ3v) is 2.66. The second-order valence-corrected chi connectivity index (χ2v) is 3.98. The van der Waals surface area contributed by atoms with E-state index in [0.717, 1.165) is 5.69 Å². The summed E-state index contributed by atoms with van der Waals surface area (Å²) in [4.78, 5) is 18.2. The van der Waals surface area contributed by atoms with Gasteiger partial charge in [0.15, 0.2) is 0 Å². The molecule has 2 rings (SSSR count). The van der Waals surface area contributed by atoms with Crippen molar-refractivity contribution in [3.63, 3.8) is 0 Å². The average Bonchev–Trinajstić information content (AvgIpc) is 2.78. The summed E-state index contributed by atoms with van der Waals surface area (Å²) in [5.41, 5.74) is 1.15. The van der Waals surface area contributed by atoms with Gasteiger partial charge in [-0.05, 0) is 6.42 Å². The van der Waals surface area contributed by atoms with Gasteiger partial charge in [0, 0.05) is 13.2 Å². The first-order chi connectivity index (χ1) is 9.56. The summed E-state index contributed by atoms with van der Waals surface area (Å²) in [5.74, 6) is -0.0148. The van der Waals surface area contributed by atoms with Gasteiger partial charge in [-0.1, -0.05) is 6.92 Å². The van der Waals surface area contributed by atoms with Crippen molar-refractivity contribution in [2.75, 3.05) is 12.4 Å². The number of rotatable bonds is 5. The van der Waals surface area contributed by atoms with Crippen LogP contribution in [0, 0.1) is 10.1 Å². The normalized spacial score (nSPS) is 10.3. The molecule has 0 spiro atoms. The Labute approximate surface area is 114 Å². The fourth-order valence-electron chi connectivity index (χ4n) is 1.80. The molecule has 0 unspecified atom stereocenters. The zero-order chi connectivity index (χ0) is 14.7. The van der Waals surface area contributed by atoms with Gasteiger partial charge in [-0.25, -0.2) is 4.98 Å². The van der Waals surface area contributed by atoms with E-state index in [1.165, 1.54) is 13.4 Å². The van der Waals surface area contributed by atoms with E-state index in [1.54, 1.807) is 17.9 Å². The number of nitrogens with zero attached hydrogens (tertiary/aromatic N) is 5. The molecule has 0 radical (unpaired) electrons. The van der Waals surface area contributed by atoms with Crippen LogP contribution in [-0.4, -0.2) is 31.8 Å². The van der Waals surface area contributed by atoms with Crippen molar-refractivity contribution in [3.05, 3.63) is 28.3 Å². The summed E-state index contributed by atoms with van der Waals surface area (Å²) in [6.45, 7) is 1.95. The van der Waals surface area contributed by atoms with Crippen LogP contribution in [0.4, 0.5) is 17.2 Å². The fraction of sp³-hybridized carbons (Fsp3) is 0.364. The third kappa shape index (κ3) is 2.51. The largest absolute Gasteiger partial charge is 0.476 e. The number of nitrogens with one attached hydrogen (secondary N) is 1. The molecule has 0 aliphatic rings. The van der Waals surface area contributed by atoms with Crippen LogP contribution in [0.25, 0.3) is 0 Å². The number of anilines is 2. The van der Waals surface area contributed by atoms with Crippen LogP contribution < -0.4 is 10.1 Å². The van der Waals surface area contributed by atoms with Crippen molar-refractivity contribution in [2.24, 2.45) is 7.05 Å². The number of ether oxygens (including phenoxy) is 1. The van der Waals surface area contributed by atoms with Crippen LogP contribution in [0.1, 0.15) is 12.6 Å². The van der Waals surface area contributed by atoms with E-state index in [-0.39, 0.29) is 17.4 Å². The molecule has 1 N–H and O–H groups in total. The second kappa shape index (κ2) is 5.51. The van der Waals surface area contributed by atoms with Crippen molar-refractivity contribution in [1.29, 1.82) is 0 Å². The second-order valence-electron chi connectivity index (χ2n) is 3.98. The molecule has 0 bridgehead atoms. The van der Waals surface area contributed by atoms with Gasteiger partial charge in [-0.15, -0.1) is 0 Å². The summed E-state index contributed by atoms with van der Waals surface area (Å²) in [5, 5.41) is 18.3. The third-order valence-electron chi connectivity index (χ3n) is 2.66. The minimum atomic E-state index is -0.580. The summed E-state index contributed by atoms with van der Waals surface area (Å²) in [7, 11) is 3.10. The molecule has 0 aliphatic heterocycles. The van der Waals surface area contributed by atoms with E-state index >= 15 is 0 Å². The zero-order valence-electron chi connectivity index (χ0n) is 11.3. The number of aryl methyl sites for hydroxylation is 2. The topological polar surface area (TPSA) is 108 Å². The molecule has 2 aromatic heterocycles. The predicted molar refractivity (Wildman–Crippen MR) is 71.1 cm³/mol. The highest BCUT2D eigenvalue weighted by atomic mass is 16.6. The van der Waals surface area contributed by atoms with Gasteiger partial charge in [-0.2, -0.15) is 10.1 Å². The molecule has 0 aromatic carbocycles. The highest BCUT2D eigenvalue weighted by Gasteiger charge is 2.24. The van der Waals surface area contributed by atoms with E-state index in [9.17, 15) is 10.1 Å². The summed E-state index contributed by atoms with van der Waals surface area (Å²) in [6.07, 6.45) is 3.63. The van der Waals surface area contributed by atoms with Gasteiger partial charge >= 0.3 is 5.69 Å². The van der Waals surface area contributed by atoms with Crippen LogP contribution in [-0.2, 0) is 13.5 Å². The van der Waals surface area contributed by atoms with Gasteiger partial charge in [-0.3, -0.25) is 14.8 Å². The van der Waals surface area contributed by atoms with Crippen LogP contribution in [0.3, 0.4) is 0 Å². The summed E-state index contributed by atoms with van der Waals surface area (Å²) in [6, 6.07) is 0. The molecule has 0 amide bonds. The van der Waals surface area contributed by atoms with Crippen molar-refractivity contribution >= 4 is 17.2 Å². The van der Waals surface area contributed by atoms with Crippen molar-refractivity contribution in [1.82, 2.24) is 19.7 Å². The molecule has 9 nitrogen and oxygen atoms in total. The molecule has 0 atom stereocenters. The Morgan fingerprint density at radius 2 is 2.25 bits per heavy atom. The van der Waals surface area contributed by atoms with Gasteiger partial charge in [0.05, 0.1) is 23.4 Å². The Balaban J connectivity index is 2.45. The lowest BCUT2D eigenvalue weighted by atomic mass is 10.3. The smallest absolute Gasteiger partial charge is 0.373 e. The number of nitro groups is 1. The van der Waals surface area contributed by atoms with Crippen LogP contribution >= 0.6 is 0 Å². The van der Waals surface area contributed by atoms with Gasteiger partial charge < -0.3 is 10.1 Å². The Kier molecular flexibility index (Phi) is 3.78. The number of hydrogen-bond acceptors (Lipinski definition) is 7. The standard InChI is InChI=1S/C11H14N6O3/c1-4-7-8(5-16(2)15-7)14-10-9(17(18)19)11(20-3)13-6-12-10/h5-6H,4H2,1-3H3,(H,12,13,14). The van der Waals surface area contributed by atoms with Gasteiger partial charge in [0.2, 0.25) is 5.82 Å². The first-order valence-corrected chi connectivity index (χ1v) is 5.89. The first-order valence-electron chi connectivity index (χ1n) is 5.89. The number of aromatic nitrogens is 4. The zero-order valence-corrected chi connectivity index (χ0v) is 11.3. The summed E-state index contributed by atoms with van der Waals surface area (Å²) >= 11 is 0. The molecule has 0 saturated carbocycles. The molecular formula is C11H14N6O3. The quantitative estimate of drug-likeness (QED) is 0.651. The van der Waals surface area contributed by atoms with Gasteiger partial charge in [0.25, 0.3) is 5.88 Å². The molecule has 0 aliphatic carbocycles. The van der Waals surface area contributed by atoms with Crippen LogP contribution in [0.2, 0.25) is 0 Å². The average molecular weight is 278 g/mol. The molecule has 106 valence electrons. The Hall–Kier alpha value is -2.71. The molecule has 2 aromatic rings. The molecular weight excluding hydrogens is 264 g/mol. The predicted octanol–water partition coefficient (Wildman–Crippen LogP) is 1.43.